The predicted octanol–water partition coefficient (Wildman–Crippen LogP) is 3.18. The van der Waals surface area contributed by atoms with Crippen LogP contribution in [0, 0.1) is 0 Å². The third-order valence-corrected chi connectivity index (χ3v) is 7.83. The fraction of sp³-hybridized carbons (Fsp3) is 0.323. The van der Waals surface area contributed by atoms with Gasteiger partial charge in [0.15, 0.2) is 0 Å². The summed E-state index contributed by atoms with van der Waals surface area (Å²) in [7, 11) is 5.13. The van der Waals surface area contributed by atoms with Gasteiger partial charge in [0.25, 0.3) is 11.8 Å². The van der Waals surface area contributed by atoms with Gasteiger partial charge in [0.05, 0.1) is 24.9 Å². The number of ether oxygens (including phenoxy) is 1. The quantitative estimate of drug-likeness (QED) is 0.313. The summed E-state index contributed by atoms with van der Waals surface area (Å²) in [4.78, 5) is 42.3. The average molecular weight is 542 g/mol. The number of hydrogen-bond acceptors (Lipinski definition) is 6. The van der Waals surface area contributed by atoms with Gasteiger partial charge >= 0.3 is 0 Å². The highest BCUT2D eigenvalue weighted by molar-refractivity contribution is 6.06. The number of nitrogen functional groups attached to an aromatic ring is 1. The molecule has 3 aromatic rings. The molecule has 0 spiro atoms. The van der Waals surface area contributed by atoms with E-state index in [4.69, 9.17) is 10.5 Å². The van der Waals surface area contributed by atoms with Gasteiger partial charge in [-0.1, -0.05) is 24.8 Å². The second kappa shape index (κ2) is 11.0. The van der Waals surface area contributed by atoms with Crippen LogP contribution in [0.2, 0.25) is 0 Å². The number of carbonyl (C=O) groups is 3. The topological polar surface area (TPSA) is 117 Å². The lowest BCUT2D eigenvalue weighted by molar-refractivity contribution is -0.117. The molecule has 5 rings (SSSR count). The van der Waals surface area contributed by atoms with Gasteiger partial charge in [0.1, 0.15) is 5.75 Å². The Balaban J connectivity index is 1.49. The van der Waals surface area contributed by atoms with E-state index < -0.39 is 0 Å². The number of rotatable bonds is 7. The third-order valence-electron chi connectivity index (χ3n) is 7.83. The molecule has 3 aromatic carbocycles. The van der Waals surface area contributed by atoms with E-state index in [0.29, 0.717) is 34.7 Å². The van der Waals surface area contributed by atoms with Crippen LogP contribution in [0.4, 0.5) is 5.69 Å². The van der Waals surface area contributed by atoms with Gasteiger partial charge in [-0.2, -0.15) is 0 Å². The van der Waals surface area contributed by atoms with E-state index in [1.807, 2.05) is 36.4 Å². The van der Waals surface area contributed by atoms with E-state index >= 15 is 0 Å². The predicted molar refractivity (Wildman–Crippen MR) is 156 cm³/mol. The van der Waals surface area contributed by atoms with Gasteiger partial charge in [0, 0.05) is 37.3 Å². The molecule has 0 bridgehead atoms. The molecule has 1 fully saturated rings. The molecular formula is C31H35N5O4. The molecule has 208 valence electrons. The van der Waals surface area contributed by atoms with Crippen molar-refractivity contribution in [3.63, 3.8) is 0 Å². The van der Waals surface area contributed by atoms with Crippen molar-refractivity contribution in [2.75, 3.05) is 46.6 Å². The molecule has 2 aliphatic rings. The number of carbonyl (C=O) groups excluding carboxylic acids is 3. The SMILES string of the molecule is C=C(CN1Cc2c(ccc3ccc(-c4cc(OC)c(N)c(C(=O)NC5CCCN(C)C5)c4)cc23)C1=O)C(=O)NC. The Hall–Kier alpha value is -4.37. The van der Waals surface area contributed by atoms with E-state index in [9.17, 15) is 14.4 Å². The number of likely N-dealkylation sites (tertiary alicyclic amines) is 1. The number of likely N-dealkylation sites (N-methyl/N-ethyl adjacent to an activating group) is 2. The summed E-state index contributed by atoms with van der Waals surface area (Å²) >= 11 is 0. The van der Waals surface area contributed by atoms with Gasteiger partial charge in [-0.15, -0.1) is 0 Å². The number of amides is 3. The maximum Gasteiger partial charge on any atom is 0.254 e. The van der Waals surface area contributed by atoms with Crippen LogP contribution in [-0.2, 0) is 11.3 Å². The van der Waals surface area contributed by atoms with Crippen LogP contribution in [-0.4, -0.2) is 74.4 Å². The minimum Gasteiger partial charge on any atom is -0.495 e. The molecule has 2 aliphatic heterocycles. The summed E-state index contributed by atoms with van der Waals surface area (Å²) in [5, 5.41) is 7.62. The van der Waals surface area contributed by atoms with Gasteiger partial charge in [-0.05, 0) is 78.2 Å². The summed E-state index contributed by atoms with van der Waals surface area (Å²) < 4.78 is 5.55. The molecule has 3 amide bonds. The average Bonchev–Trinajstić information content (AvgIpc) is 3.27. The standard InChI is InChI=1S/C31H35N5O4/c1-18(29(37)33-2)15-36-17-26-23(31(36)39)10-9-19-7-8-20(12-24(19)26)21-13-25(28(32)27(14-21)40-4)30(38)34-22-6-5-11-35(3)16-22/h7-10,12-14,22H,1,5-6,11,15-17,32H2,2-4H3,(H,33,37)(H,34,38). The van der Waals surface area contributed by atoms with Crippen molar-refractivity contribution in [2.45, 2.75) is 25.4 Å². The number of nitrogens with zero attached hydrogens (tertiary/aromatic N) is 2. The summed E-state index contributed by atoms with van der Waals surface area (Å²) in [6, 6.07) is 13.5. The van der Waals surface area contributed by atoms with Crippen LogP contribution in [0.3, 0.4) is 0 Å². The molecule has 0 aromatic heterocycles. The number of nitrogens with two attached hydrogens (primary N) is 1. The molecule has 1 saturated heterocycles. The number of anilines is 1. The molecule has 40 heavy (non-hydrogen) atoms. The molecular weight excluding hydrogens is 506 g/mol. The molecule has 0 radical (unpaired) electrons. The van der Waals surface area contributed by atoms with E-state index in [2.05, 4.69) is 29.2 Å². The van der Waals surface area contributed by atoms with Gasteiger partial charge in [0.2, 0.25) is 5.91 Å². The van der Waals surface area contributed by atoms with Crippen molar-refractivity contribution in [3.05, 3.63) is 71.3 Å². The van der Waals surface area contributed by atoms with E-state index in [0.717, 1.165) is 53.4 Å². The maximum absolute atomic E-state index is 13.3. The Bertz CT molecular complexity index is 1530. The van der Waals surface area contributed by atoms with E-state index in [-0.39, 0.29) is 30.3 Å². The number of hydrogen-bond donors (Lipinski definition) is 3. The van der Waals surface area contributed by atoms with Crippen LogP contribution in [0.5, 0.6) is 5.75 Å². The molecule has 2 heterocycles. The smallest absolute Gasteiger partial charge is 0.254 e. The summed E-state index contributed by atoms with van der Waals surface area (Å²) in [5.74, 6) is -0.217. The Kier molecular flexibility index (Phi) is 7.49. The van der Waals surface area contributed by atoms with Crippen molar-refractivity contribution >= 4 is 34.2 Å². The zero-order valence-corrected chi connectivity index (χ0v) is 23.2. The van der Waals surface area contributed by atoms with Crippen molar-refractivity contribution in [3.8, 4) is 16.9 Å². The Labute approximate surface area is 234 Å². The summed E-state index contributed by atoms with van der Waals surface area (Å²) in [6.45, 7) is 6.17. The van der Waals surface area contributed by atoms with Gasteiger partial charge in [-0.3, -0.25) is 14.4 Å². The molecule has 1 atom stereocenters. The molecule has 9 heteroatoms. The minimum absolute atomic E-state index is 0.0588. The molecule has 1 unspecified atom stereocenters. The molecule has 4 N–H and O–H groups in total. The lowest BCUT2D eigenvalue weighted by atomic mass is 9.94. The first kappa shape index (κ1) is 27.2. The van der Waals surface area contributed by atoms with Crippen molar-refractivity contribution in [2.24, 2.45) is 0 Å². The monoisotopic (exact) mass is 541 g/mol. The second-order valence-electron chi connectivity index (χ2n) is 10.6. The number of fused-ring (bicyclic) bond motifs is 3. The number of nitrogens with one attached hydrogen (secondary N) is 2. The van der Waals surface area contributed by atoms with Crippen LogP contribution < -0.4 is 21.1 Å². The highest BCUT2D eigenvalue weighted by Crippen LogP contribution is 2.37. The van der Waals surface area contributed by atoms with E-state index in [1.165, 1.54) is 7.11 Å². The summed E-state index contributed by atoms with van der Waals surface area (Å²) in [5.41, 5.74) is 10.5. The fourth-order valence-electron chi connectivity index (χ4n) is 5.67. The van der Waals surface area contributed by atoms with Crippen LogP contribution in [0.25, 0.3) is 21.9 Å². The van der Waals surface area contributed by atoms with Gasteiger partial charge in [-0.25, -0.2) is 0 Å². The highest BCUT2D eigenvalue weighted by atomic mass is 16.5. The third kappa shape index (κ3) is 5.12. The Morgan fingerprint density at radius 1 is 1.15 bits per heavy atom. The normalized spacial score (nSPS) is 17.0. The van der Waals surface area contributed by atoms with E-state index in [1.54, 1.807) is 18.0 Å². The lowest BCUT2D eigenvalue weighted by Gasteiger charge is -2.30. The first-order valence-electron chi connectivity index (χ1n) is 13.4. The number of methoxy groups -OCH3 is 1. The molecule has 0 aliphatic carbocycles. The van der Waals surface area contributed by atoms with Crippen molar-refractivity contribution in [1.29, 1.82) is 0 Å². The Morgan fingerprint density at radius 2 is 1.93 bits per heavy atom. The lowest BCUT2D eigenvalue weighted by Crippen LogP contribution is -2.46. The van der Waals surface area contributed by atoms with Crippen LogP contribution in [0.1, 0.15) is 39.1 Å². The number of piperidine rings is 1. The Morgan fingerprint density at radius 3 is 2.65 bits per heavy atom. The van der Waals surface area contributed by atoms with Crippen molar-refractivity contribution in [1.82, 2.24) is 20.4 Å². The molecule has 0 saturated carbocycles. The number of benzene rings is 3. The first-order valence-corrected chi connectivity index (χ1v) is 13.4. The first-order chi connectivity index (χ1) is 19.2. The van der Waals surface area contributed by atoms with Crippen LogP contribution in [0.15, 0.2) is 54.6 Å². The summed E-state index contributed by atoms with van der Waals surface area (Å²) in [6.07, 6.45) is 1.95. The van der Waals surface area contributed by atoms with Crippen molar-refractivity contribution < 1.29 is 19.1 Å². The molecule has 9 nitrogen and oxygen atoms in total. The maximum atomic E-state index is 13.3. The van der Waals surface area contributed by atoms with Crippen LogP contribution >= 0.6 is 0 Å². The minimum atomic E-state index is -0.288. The second-order valence-corrected chi connectivity index (χ2v) is 10.6. The van der Waals surface area contributed by atoms with Gasteiger partial charge < -0.3 is 30.9 Å². The zero-order valence-electron chi connectivity index (χ0n) is 23.2. The fourth-order valence-corrected chi connectivity index (χ4v) is 5.67. The largest absolute Gasteiger partial charge is 0.495 e. The zero-order chi connectivity index (χ0) is 28.6. The highest BCUT2D eigenvalue weighted by Gasteiger charge is 2.30.